The molecule has 13 heavy (non-hydrogen) atoms. The lowest BCUT2D eigenvalue weighted by Gasteiger charge is -2.11. The Bertz CT molecular complexity index is 177. The molecule has 76 valence electrons. The van der Waals surface area contributed by atoms with Gasteiger partial charge in [-0.1, -0.05) is 0 Å². The number of ether oxygens (including phenoxy) is 3. The average molecular weight is 190 g/mol. The van der Waals surface area contributed by atoms with Crippen molar-refractivity contribution in [2.45, 2.75) is 26.9 Å². The van der Waals surface area contributed by atoms with Crippen molar-refractivity contribution in [3.8, 4) is 0 Å². The number of esters is 2. The summed E-state index contributed by atoms with van der Waals surface area (Å²) in [4.78, 5) is 20.7. The fourth-order valence-electron chi connectivity index (χ4n) is 0.516. The van der Waals surface area contributed by atoms with Crippen molar-refractivity contribution in [2.75, 3.05) is 13.4 Å². The molecule has 1 atom stereocenters. The maximum absolute atomic E-state index is 10.4. The Morgan fingerprint density at radius 1 is 1.15 bits per heavy atom. The molecule has 0 aromatic carbocycles. The minimum Gasteiger partial charge on any atom is -0.463 e. The third-order valence-electron chi connectivity index (χ3n) is 1.14. The Morgan fingerprint density at radius 2 is 1.69 bits per heavy atom. The summed E-state index contributed by atoms with van der Waals surface area (Å²) in [5, 5.41) is 0. The lowest BCUT2D eigenvalue weighted by Crippen LogP contribution is -2.20. The van der Waals surface area contributed by atoms with E-state index in [0.717, 1.165) is 0 Å². The third-order valence-corrected chi connectivity index (χ3v) is 1.14. The molecule has 0 amide bonds. The van der Waals surface area contributed by atoms with E-state index in [2.05, 4.69) is 9.47 Å². The van der Waals surface area contributed by atoms with E-state index in [0.29, 0.717) is 0 Å². The van der Waals surface area contributed by atoms with E-state index in [4.69, 9.17) is 4.74 Å². The van der Waals surface area contributed by atoms with Gasteiger partial charge in [-0.3, -0.25) is 9.59 Å². The highest BCUT2D eigenvalue weighted by Gasteiger charge is 2.04. The molecule has 0 rings (SSSR count). The van der Waals surface area contributed by atoms with E-state index >= 15 is 0 Å². The van der Waals surface area contributed by atoms with Crippen LogP contribution in [0.5, 0.6) is 0 Å². The van der Waals surface area contributed by atoms with Gasteiger partial charge in [-0.25, -0.2) is 0 Å². The first-order valence-electron chi connectivity index (χ1n) is 3.90. The Hall–Kier alpha value is -1.10. The van der Waals surface area contributed by atoms with Gasteiger partial charge in [-0.05, 0) is 6.92 Å². The van der Waals surface area contributed by atoms with Crippen LogP contribution in [0.2, 0.25) is 0 Å². The molecule has 0 aliphatic rings. The molecule has 0 aromatic heterocycles. The SMILES string of the molecule is CC(=O)OCOC(C)COC(C)=O. The molecule has 0 heterocycles. The van der Waals surface area contributed by atoms with Crippen LogP contribution in [-0.2, 0) is 23.8 Å². The summed E-state index contributed by atoms with van der Waals surface area (Å²) in [7, 11) is 0. The molecule has 0 N–H and O–H groups in total. The minimum absolute atomic E-state index is 0.113. The van der Waals surface area contributed by atoms with Crippen LogP contribution in [0.15, 0.2) is 0 Å². The van der Waals surface area contributed by atoms with Crippen molar-refractivity contribution in [2.24, 2.45) is 0 Å². The van der Waals surface area contributed by atoms with Crippen molar-refractivity contribution < 1.29 is 23.8 Å². The van der Waals surface area contributed by atoms with Gasteiger partial charge in [0.25, 0.3) is 0 Å². The Morgan fingerprint density at radius 3 is 2.15 bits per heavy atom. The topological polar surface area (TPSA) is 61.8 Å². The predicted molar refractivity (Wildman–Crippen MR) is 43.8 cm³/mol. The molecule has 0 aliphatic heterocycles. The minimum atomic E-state index is -0.403. The van der Waals surface area contributed by atoms with E-state index in [1.807, 2.05) is 0 Å². The normalized spacial score (nSPS) is 11.9. The first-order valence-corrected chi connectivity index (χ1v) is 3.90. The van der Waals surface area contributed by atoms with Gasteiger partial charge in [0.15, 0.2) is 6.79 Å². The van der Waals surface area contributed by atoms with Crippen LogP contribution < -0.4 is 0 Å². The average Bonchev–Trinajstić information content (AvgIpc) is 2.00. The summed E-state index contributed by atoms with van der Waals surface area (Å²) in [6.07, 6.45) is -0.275. The third kappa shape index (κ3) is 8.81. The summed E-state index contributed by atoms with van der Waals surface area (Å²) in [6, 6.07) is 0. The van der Waals surface area contributed by atoms with Crippen LogP contribution in [0.3, 0.4) is 0 Å². The van der Waals surface area contributed by atoms with Crippen molar-refractivity contribution in [3.05, 3.63) is 0 Å². The molecule has 0 radical (unpaired) electrons. The van der Waals surface area contributed by atoms with Gasteiger partial charge in [-0.2, -0.15) is 0 Å². The number of hydrogen-bond acceptors (Lipinski definition) is 5. The van der Waals surface area contributed by atoms with Crippen molar-refractivity contribution in [3.63, 3.8) is 0 Å². The Labute approximate surface area is 77.0 Å². The van der Waals surface area contributed by atoms with Gasteiger partial charge in [0.1, 0.15) is 6.61 Å². The zero-order valence-corrected chi connectivity index (χ0v) is 8.03. The molecule has 5 nitrogen and oxygen atoms in total. The second-order valence-electron chi connectivity index (χ2n) is 2.53. The van der Waals surface area contributed by atoms with Crippen molar-refractivity contribution in [1.29, 1.82) is 0 Å². The Kier molecular flexibility index (Phi) is 5.88. The van der Waals surface area contributed by atoms with Gasteiger partial charge in [0.05, 0.1) is 6.10 Å². The standard InChI is InChI=1S/C8H14O5/c1-6(4-11-7(2)9)12-5-13-8(3)10/h6H,4-5H2,1-3H3. The summed E-state index contributed by atoms with van der Waals surface area (Å²) in [6.45, 7) is 4.37. The van der Waals surface area contributed by atoms with E-state index < -0.39 is 5.97 Å². The summed E-state index contributed by atoms with van der Waals surface area (Å²) in [5.74, 6) is -0.761. The summed E-state index contributed by atoms with van der Waals surface area (Å²) < 4.78 is 14.2. The van der Waals surface area contributed by atoms with Crippen LogP contribution in [0.25, 0.3) is 0 Å². The molecule has 0 fully saturated rings. The lowest BCUT2D eigenvalue weighted by atomic mass is 10.4. The highest BCUT2D eigenvalue weighted by molar-refractivity contribution is 5.66. The maximum atomic E-state index is 10.4. The van der Waals surface area contributed by atoms with E-state index in [9.17, 15) is 9.59 Å². The quantitative estimate of drug-likeness (QED) is 0.466. The highest BCUT2D eigenvalue weighted by Crippen LogP contribution is 1.93. The molecule has 0 aromatic rings. The molecule has 0 saturated heterocycles. The second-order valence-corrected chi connectivity index (χ2v) is 2.53. The monoisotopic (exact) mass is 190 g/mol. The highest BCUT2D eigenvalue weighted by atomic mass is 16.7. The van der Waals surface area contributed by atoms with E-state index in [1.54, 1.807) is 6.92 Å². The zero-order chi connectivity index (χ0) is 10.3. The summed E-state index contributed by atoms with van der Waals surface area (Å²) >= 11 is 0. The maximum Gasteiger partial charge on any atom is 0.304 e. The smallest absolute Gasteiger partial charge is 0.304 e. The van der Waals surface area contributed by atoms with Crippen LogP contribution in [0.1, 0.15) is 20.8 Å². The zero-order valence-electron chi connectivity index (χ0n) is 8.03. The van der Waals surface area contributed by atoms with Gasteiger partial charge < -0.3 is 14.2 Å². The molecular formula is C8H14O5. The molecular weight excluding hydrogens is 176 g/mol. The molecule has 0 spiro atoms. The fraction of sp³-hybridized carbons (Fsp3) is 0.750. The van der Waals surface area contributed by atoms with E-state index in [-0.39, 0.29) is 25.5 Å². The van der Waals surface area contributed by atoms with Crippen LogP contribution >= 0.6 is 0 Å². The molecule has 0 aliphatic carbocycles. The lowest BCUT2D eigenvalue weighted by molar-refractivity contribution is -0.163. The fourth-order valence-corrected chi connectivity index (χ4v) is 0.516. The van der Waals surface area contributed by atoms with Crippen LogP contribution in [-0.4, -0.2) is 31.4 Å². The molecule has 0 saturated carbocycles. The second kappa shape index (κ2) is 6.42. The van der Waals surface area contributed by atoms with Gasteiger partial charge in [0, 0.05) is 13.8 Å². The number of rotatable bonds is 5. The molecule has 1 unspecified atom stereocenters. The predicted octanol–water partition coefficient (Wildman–Crippen LogP) is 0.475. The molecule has 0 bridgehead atoms. The van der Waals surface area contributed by atoms with Gasteiger partial charge in [-0.15, -0.1) is 0 Å². The number of hydrogen-bond donors (Lipinski definition) is 0. The first kappa shape index (κ1) is 11.9. The van der Waals surface area contributed by atoms with E-state index in [1.165, 1.54) is 13.8 Å². The van der Waals surface area contributed by atoms with Gasteiger partial charge in [0.2, 0.25) is 0 Å². The first-order chi connectivity index (χ1) is 6.02. The van der Waals surface area contributed by atoms with Crippen LogP contribution in [0.4, 0.5) is 0 Å². The van der Waals surface area contributed by atoms with Crippen LogP contribution in [0, 0.1) is 0 Å². The number of carbonyl (C=O) groups excluding carboxylic acids is 2. The molecule has 5 heteroatoms. The van der Waals surface area contributed by atoms with Crippen molar-refractivity contribution in [1.82, 2.24) is 0 Å². The summed E-state index contributed by atoms with van der Waals surface area (Å²) in [5.41, 5.74) is 0. The number of carbonyl (C=O) groups is 2. The van der Waals surface area contributed by atoms with Gasteiger partial charge >= 0.3 is 11.9 Å². The Balaban J connectivity index is 3.35. The largest absolute Gasteiger partial charge is 0.463 e. The van der Waals surface area contributed by atoms with Crippen molar-refractivity contribution >= 4 is 11.9 Å².